The first-order valence-corrected chi connectivity index (χ1v) is 12.4. The minimum Gasteiger partial charge on any atom is -0.335 e. The van der Waals surface area contributed by atoms with E-state index in [2.05, 4.69) is 28.5 Å². The minimum atomic E-state index is -0.997. The zero-order valence-corrected chi connectivity index (χ0v) is 20.7. The standard InChI is InChI=1S/C29H22Cl2N5/c30-24-15-11-21(12-16-24)28-23(19-32)20-35(26-7-3-1-4-8-26)29(28,22-13-17-25(31)18-14-22)34-36(33-28)27-9-5-2-6-10-27/h1-18,23H,20H2,(H,33,34)/q+1/t23-,28+,29-/m1/s1. The van der Waals surface area contributed by atoms with Crippen molar-refractivity contribution in [2.75, 3.05) is 11.4 Å². The molecule has 5 nitrogen and oxygen atoms in total. The molecule has 4 aromatic rings. The Hall–Kier alpha value is -3.85. The molecule has 1 fully saturated rings. The molecular weight excluding hydrogens is 489 g/mol. The average Bonchev–Trinajstić information content (AvgIpc) is 3.41. The van der Waals surface area contributed by atoms with Crippen molar-refractivity contribution < 1.29 is 4.81 Å². The second-order valence-electron chi connectivity index (χ2n) is 8.98. The van der Waals surface area contributed by atoms with Crippen molar-refractivity contribution in [3.8, 4) is 6.07 Å². The van der Waals surface area contributed by atoms with E-state index < -0.39 is 17.1 Å². The summed E-state index contributed by atoms with van der Waals surface area (Å²) in [5, 5.41) is 17.3. The Kier molecular flexibility index (Phi) is 5.44. The SMILES string of the molecule is N#C[C@@H]1CN(c2ccccc2)[C@@]2(c3ccc(Cl)cc3)N=[N+](c3ccccc3)N[C@@]12c1ccc(Cl)cc1. The first kappa shape index (κ1) is 22.6. The quantitative estimate of drug-likeness (QED) is 0.300. The number of rotatable bonds is 4. The molecule has 1 saturated heterocycles. The molecule has 2 aliphatic rings. The molecule has 2 heterocycles. The summed E-state index contributed by atoms with van der Waals surface area (Å²) in [7, 11) is 0. The zero-order chi connectivity index (χ0) is 24.8. The summed E-state index contributed by atoms with van der Waals surface area (Å²) in [5.41, 5.74) is 5.48. The monoisotopic (exact) mass is 510 g/mol. The van der Waals surface area contributed by atoms with Gasteiger partial charge in [-0.15, -0.1) is 0 Å². The highest BCUT2D eigenvalue weighted by atomic mass is 35.5. The van der Waals surface area contributed by atoms with Crippen LogP contribution < -0.4 is 10.3 Å². The van der Waals surface area contributed by atoms with Gasteiger partial charge in [0.25, 0.3) is 11.4 Å². The molecule has 6 rings (SSSR count). The van der Waals surface area contributed by atoms with Gasteiger partial charge >= 0.3 is 0 Å². The maximum absolute atomic E-state index is 10.6. The van der Waals surface area contributed by atoms with Crippen LogP contribution in [0.3, 0.4) is 0 Å². The molecule has 0 amide bonds. The lowest BCUT2D eigenvalue weighted by Gasteiger charge is -2.39. The molecule has 3 atom stereocenters. The number of para-hydroxylation sites is 2. The first-order valence-electron chi connectivity index (χ1n) is 11.7. The molecule has 1 N–H and O–H groups in total. The van der Waals surface area contributed by atoms with Gasteiger partial charge in [-0.1, -0.05) is 83.9 Å². The molecule has 0 saturated carbocycles. The van der Waals surface area contributed by atoms with Gasteiger partial charge < -0.3 is 4.90 Å². The summed E-state index contributed by atoms with van der Waals surface area (Å²) in [6.07, 6.45) is 0. The Balaban J connectivity index is 1.71. The number of nitrogens with one attached hydrogen (secondary N) is 1. The Morgan fingerprint density at radius 3 is 1.94 bits per heavy atom. The Morgan fingerprint density at radius 1 is 0.806 bits per heavy atom. The van der Waals surface area contributed by atoms with Crippen molar-refractivity contribution >= 4 is 34.6 Å². The van der Waals surface area contributed by atoms with Crippen molar-refractivity contribution in [2.45, 2.75) is 11.2 Å². The number of hydrazine groups is 1. The number of nitriles is 1. The summed E-state index contributed by atoms with van der Waals surface area (Å²) in [5.74, 6) is -0.452. The number of hydrogen-bond donors (Lipinski definition) is 1. The Labute approximate surface area is 219 Å². The van der Waals surface area contributed by atoms with Crippen LogP contribution in [-0.4, -0.2) is 11.4 Å². The number of benzene rings is 4. The topological polar surface area (TPSA) is 54.4 Å². The van der Waals surface area contributed by atoms with Crippen LogP contribution in [0.5, 0.6) is 0 Å². The van der Waals surface area contributed by atoms with Crippen molar-refractivity contribution in [3.05, 3.63) is 130 Å². The van der Waals surface area contributed by atoms with Gasteiger partial charge in [0, 0.05) is 49.9 Å². The molecule has 0 spiro atoms. The van der Waals surface area contributed by atoms with E-state index in [1.165, 1.54) is 0 Å². The summed E-state index contributed by atoms with van der Waals surface area (Å²) in [6.45, 7) is 0.477. The summed E-state index contributed by atoms with van der Waals surface area (Å²) in [4.78, 5) is 4.04. The van der Waals surface area contributed by atoms with Crippen LogP contribution in [-0.2, 0) is 11.2 Å². The minimum absolute atomic E-state index is 0.452. The van der Waals surface area contributed by atoms with Crippen LogP contribution >= 0.6 is 23.2 Å². The fourth-order valence-corrected chi connectivity index (χ4v) is 5.82. The number of azo groups is 1. The van der Waals surface area contributed by atoms with Gasteiger partial charge in [-0.2, -0.15) is 10.7 Å². The van der Waals surface area contributed by atoms with Gasteiger partial charge in [0.15, 0.2) is 5.54 Å². The molecule has 4 aromatic carbocycles. The van der Waals surface area contributed by atoms with Gasteiger partial charge in [0.2, 0.25) is 0 Å². The highest BCUT2D eigenvalue weighted by Gasteiger charge is 2.75. The van der Waals surface area contributed by atoms with E-state index >= 15 is 0 Å². The van der Waals surface area contributed by atoms with Crippen LogP contribution in [0, 0.1) is 17.2 Å². The van der Waals surface area contributed by atoms with Crippen LogP contribution in [0.4, 0.5) is 11.4 Å². The summed E-state index contributed by atoms with van der Waals surface area (Å²) in [6, 6.07) is 38.1. The maximum Gasteiger partial charge on any atom is 0.265 e. The van der Waals surface area contributed by atoms with Gasteiger partial charge in [-0.25, -0.2) is 0 Å². The molecule has 176 valence electrons. The van der Waals surface area contributed by atoms with Crippen molar-refractivity contribution in [3.63, 3.8) is 0 Å². The van der Waals surface area contributed by atoms with Gasteiger partial charge in [-0.3, -0.25) is 0 Å². The van der Waals surface area contributed by atoms with Crippen LogP contribution in [0.2, 0.25) is 10.0 Å². The smallest absolute Gasteiger partial charge is 0.265 e. The van der Waals surface area contributed by atoms with Gasteiger partial charge in [0.1, 0.15) is 5.92 Å². The largest absolute Gasteiger partial charge is 0.335 e. The van der Waals surface area contributed by atoms with Crippen LogP contribution in [0.15, 0.2) is 114 Å². The maximum atomic E-state index is 10.6. The third-order valence-corrected chi connectivity index (χ3v) is 7.63. The molecular formula is C29H22Cl2N5+. The van der Waals surface area contributed by atoms with Crippen molar-refractivity contribution in [1.82, 2.24) is 5.43 Å². The molecule has 2 aliphatic heterocycles. The van der Waals surface area contributed by atoms with E-state index in [4.69, 9.17) is 28.3 Å². The second-order valence-corrected chi connectivity index (χ2v) is 9.85. The highest BCUT2D eigenvalue weighted by Crippen LogP contribution is 2.59. The van der Waals surface area contributed by atoms with E-state index in [0.29, 0.717) is 16.6 Å². The van der Waals surface area contributed by atoms with E-state index in [9.17, 15) is 5.26 Å². The zero-order valence-electron chi connectivity index (χ0n) is 19.2. The second kappa shape index (κ2) is 8.67. The number of fused-ring (bicyclic) bond motifs is 1. The first-order chi connectivity index (χ1) is 17.6. The molecule has 0 aliphatic carbocycles. The molecule has 36 heavy (non-hydrogen) atoms. The average molecular weight is 511 g/mol. The number of hydrogen-bond acceptors (Lipinski definition) is 4. The lowest BCUT2D eigenvalue weighted by molar-refractivity contribution is -0.570. The molecule has 0 unspecified atom stereocenters. The van der Waals surface area contributed by atoms with Crippen LogP contribution in [0.1, 0.15) is 11.1 Å². The summed E-state index contributed by atoms with van der Waals surface area (Å²) >= 11 is 12.6. The van der Waals surface area contributed by atoms with E-state index in [1.807, 2.05) is 102 Å². The molecule has 0 bridgehead atoms. The fourth-order valence-electron chi connectivity index (χ4n) is 5.57. The lowest BCUT2D eigenvalue weighted by atomic mass is 9.71. The summed E-state index contributed by atoms with van der Waals surface area (Å²) < 4.78 is 0. The van der Waals surface area contributed by atoms with E-state index in [1.54, 1.807) is 0 Å². The molecule has 0 radical (unpaired) electrons. The van der Waals surface area contributed by atoms with E-state index in [-0.39, 0.29) is 0 Å². The van der Waals surface area contributed by atoms with Crippen molar-refractivity contribution in [1.29, 1.82) is 5.26 Å². The highest BCUT2D eigenvalue weighted by molar-refractivity contribution is 6.30. The van der Waals surface area contributed by atoms with Gasteiger partial charge in [-0.05, 0) is 42.0 Å². The third kappa shape index (κ3) is 3.22. The van der Waals surface area contributed by atoms with Gasteiger partial charge in [0.05, 0.1) is 6.07 Å². The predicted molar refractivity (Wildman–Crippen MR) is 141 cm³/mol. The third-order valence-electron chi connectivity index (χ3n) is 7.13. The van der Waals surface area contributed by atoms with Crippen molar-refractivity contribution in [2.24, 2.45) is 11.0 Å². The fraction of sp³-hybridized carbons (Fsp3) is 0.138. The number of nitrogens with zero attached hydrogens (tertiary/aromatic N) is 4. The van der Waals surface area contributed by atoms with Crippen LogP contribution in [0.25, 0.3) is 0 Å². The normalized spacial score (nSPS) is 24.5. The predicted octanol–water partition coefficient (Wildman–Crippen LogP) is 7.02. The lowest BCUT2D eigenvalue weighted by Crippen LogP contribution is -2.57. The Bertz CT molecular complexity index is 1470. The number of halogens is 2. The Morgan fingerprint density at radius 2 is 1.36 bits per heavy atom. The van der Waals surface area contributed by atoms with E-state index in [0.717, 1.165) is 22.5 Å². The molecule has 0 aromatic heterocycles. The molecule has 7 heteroatoms. The number of anilines is 1.